The highest BCUT2D eigenvalue weighted by Crippen LogP contribution is 2.36. The lowest BCUT2D eigenvalue weighted by molar-refractivity contribution is -0.125. The zero-order valence-corrected chi connectivity index (χ0v) is 23.7. The van der Waals surface area contributed by atoms with Gasteiger partial charge in [-0.05, 0) is 73.8 Å². The highest BCUT2D eigenvalue weighted by Gasteiger charge is 2.48. The highest BCUT2D eigenvalue weighted by molar-refractivity contribution is 7.92. The van der Waals surface area contributed by atoms with Crippen LogP contribution >= 0.6 is 0 Å². The van der Waals surface area contributed by atoms with Gasteiger partial charge in [0.15, 0.2) is 11.8 Å². The molecule has 9 nitrogen and oxygen atoms in total. The van der Waals surface area contributed by atoms with Gasteiger partial charge in [-0.1, -0.05) is 31.9 Å². The number of aryl methyl sites for hydroxylation is 2. The van der Waals surface area contributed by atoms with Crippen LogP contribution in [0.5, 0.6) is 11.8 Å². The fraction of sp³-hybridized carbons (Fsp3) is 0.517. The molecule has 210 valence electrons. The first kappa shape index (κ1) is 27.5. The Morgan fingerprint density at radius 3 is 2.23 bits per heavy atom. The predicted octanol–water partition coefficient (Wildman–Crippen LogP) is 4.05. The number of rotatable bonds is 6. The molecular weight excluding hydrogens is 516 g/mol. The molecule has 2 aliphatic heterocycles. The Balaban J connectivity index is 1.25. The Morgan fingerprint density at radius 1 is 1.05 bits per heavy atom. The maximum atomic E-state index is 13.2. The number of sulfonamides is 1. The van der Waals surface area contributed by atoms with Crippen molar-refractivity contribution in [1.82, 2.24) is 14.2 Å². The molecule has 0 radical (unpaired) electrons. The molecule has 1 aliphatic carbocycles. The molecule has 1 saturated carbocycles. The van der Waals surface area contributed by atoms with Gasteiger partial charge in [0.05, 0.1) is 6.54 Å². The summed E-state index contributed by atoms with van der Waals surface area (Å²) in [6, 6.07) is 6.70. The van der Waals surface area contributed by atoms with Crippen LogP contribution in [0.15, 0.2) is 34.7 Å². The molecule has 0 atom stereocenters. The summed E-state index contributed by atoms with van der Waals surface area (Å²) in [4.78, 5) is 17.8. The van der Waals surface area contributed by atoms with Crippen molar-refractivity contribution in [1.29, 1.82) is 0 Å². The van der Waals surface area contributed by atoms with Gasteiger partial charge in [0.2, 0.25) is 10.0 Å². The van der Waals surface area contributed by atoms with Gasteiger partial charge in [-0.25, -0.2) is 8.42 Å². The van der Waals surface area contributed by atoms with E-state index in [0.717, 1.165) is 53.8 Å². The molecule has 1 aromatic heterocycles. The predicted molar refractivity (Wildman–Crippen MR) is 151 cm³/mol. The van der Waals surface area contributed by atoms with Crippen molar-refractivity contribution in [3.05, 3.63) is 51.9 Å². The number of amidine groups is 1. The number of hydrogen-bond acceptors (Lipinski definition) is 6. The number of aromatic hydroxyl groups is 2. The summed E-state index contributed by atoms with van der Waals surface area (Å²) in [6.45, 7) is 6.87. The third-order valence-corrected chi connectivity index (χ3v) is 10.2. The molecule has 0 bridgehead atoms. The van der Waals surface area contributed by atoms with Crippen LogP contribution in [0.1, 0.15) is 67.7 Å². The largest absolute Gasteiger partial charge is 0.494 e. The lowest BCUT2D eigenvalue weighted by Gasteiger charge is -2.34. The Hall–Kier alpha value is -3.11. The van der Waals surface area contributed by atoms with Crippen LogP contribution in [-0.2, 0) is 21.4 Å². The number of nitrogens with one attached hydrogen (secondary N) is 1. The molecule has 5 rings (SSSR count). The summed E-state index contributed by atoms with van der Waals surface area (Å²) >= 11 is 0. The summed E-state index contributed by atoms with van der Waals surface area (Å²) in [5, 5.41) is 24.2. The molecular formula is C29H38N4O5S. The number of amides is 1. The molecule has 2 aromatic rings. The number of benzene rings is 1. The average molecular weight is 555 g/mol. The summed E-state index contributed by atoms with van der Waals surface area (Å²) < 4.78 is 29.2. The number of piperidine rings is 1. The lowest BCUT2D eigenvalue weighted by Crippen LogP contribution is -2.50. The van der Waals surface area contributed by atoms with Gasteiger partial charge in [0.25, 0.3) is 5.91 Å². The van der Waals surface area contributed by atoms with Gasteiger partial charge < -0.3 is 15.5 Å². The number of carbonyl (C=O) groups excluding carboxylic acids is 1. The zero-order chi connectivity index (χ0) is 27.9. The smallest absolute Gasteiger partial charge is 0.253 e. The van der Waals surface area contributed by atoms with Gasteiger partial charge >= 0.3 is 0 Å². The van der Waals surface area contributed by atoms with E-state index in [1.807, 2.05) is 26.0 Å². The van der Waals surface area contributed by atoms with Crippen LogP contribution in [0.3, 0.4) is 0 Å². The van der Waals surface area contributed by atoms with Crippen LogP contribution in [0, 0.1) is 25.7 Å². The average Bonchev–Trinajstić information content (AvgIpc) is 3.37. The second-order valence-corrected chi connectivity index (χ2v) is 13.3. The van der Waals surface area contributed by atoms with E-state index >= 15 is 0 Å². The van der Waals surface area contributed by atoms with Crippen LogP contribution in [-0.4, -0.2) is 57.9 Å². The minimum absolute atomic E-state index is 0.0261. The first-order chi connectivity index (χ1) is 18.5. The Bertz CT molecular complexity index is 1380. The van der Waals surface area contributed by atoms with E-state index in [4.69, 9.17) is 4.99 Å². The van der Waals surface area contributed by atoms with Crippen LogP contribution in [0.25, 0.3) is 6.08 Å². The minimum atomic E-state index is -3.68. The van der Waals surface area contributed by atoms with E-state index in [9.17, 15) is 23.4 Å². The number of aliphatic imine (C=N–C) groups is 1. The normalized spacial score (nSPS) is 23.9. The lowest BCUT2D eigenvalue weighted by atomic mass is 9.82. The number of hydrogen-bond donors (Lipinski definition) is 3. The van der Waals surface area contributed by atoms with Crippen LogP contribution < -0.4 is 5.32 Å². The van der Waals surface area contributed by atoms with Crippen LogP contribution in [0.4, 0.5) is 0 Å². The monoisotopic (exact) mass is 554 g/mol. The molecule has 0 unspecified atom stereocenters. The SMILES string of the molecule is Cc1cc(Cn2c(O)ccc2O)cc(C)c1C=CS(=O)(=O)N1CCC2(CC1)N=C(C1CCC(C)CC1)NC2=O. The second kappa shape index (κ2) is 10.5. The second-order valence-electron chi connectivity index (χ2n) is 11.5. The highest BCUT2D eigenvalue weighted by atomic mass is 32.2. The van der Waals surface area contributed by atoms with Crippen molar-refractivity contribution < 1.29 is 23.4 Å². The molecule has 39 heavy (non-hydrogen) atoms. The van der Waals surface area contributed by atoms with Gasteiger partial charge in [-0.3, -0.25) is 14.4 Å². The molecule has 2 fully saturated rings. The van der Waals surface area contributed by atoms with E-state index < -0.39 is 15.6 Å². The maximum absolute atomic E-state index is 13.2. The van der Waals surface area contributed by atoms with Gasteiger partial charge in [0, 0.05) is 36.5 Å². The molecule has 3 N–H and O–H groups in total. The first-order valence-electron chi connectivity index (χ1n) is 13.7. The van der Waals surface area contributed by atoms with Crippen molar-refractivity contribution in [3.8, 4) is 11.8 Å². The molecule has 3 heterocycles. The summed E-state index contributed by atoms with van der Waals surface area (Å²) in [7, 11) is -3.68. The number of carbonyl (C=O) groups is 1. The Labute approximate surface area is 230 Å². The molecule has 1 spiro atoms. The van der Waals surface area contributed by atoms with E-state index in [-0.39, 0.29) is 30.8 Å². The zero-order valence-electron chi connectivity index (χ0n) is 22.9. The summed E-state index contributed by atoms with van der Waals surface area (Å²) in [6.07, 6.45) is 6.76. The number of aromatic nitrogens is 1. The fourth-order valence-electron chi connectivity index (χ4n) is 6.17. The third-order valence-electron chi connectivity index (χ3n) is 8.65. The quantitative estimate of drug-likeness (QED) is 0.497. The minimum Gasteiger partial charge on any atom is -0.494 e. The van der Waals surface area contributed by atoms with Gasteiger partial charge in [-0.15, -0.1) is 0 Å². The molecule has 3 aliphatic rings. The van der Waals surface area contributed by atoms with Crippen molar-refractivity contribution in [2.75, 3.05) is 13.1 Å². The van der Waals surface area contributed by atoms with Gasteiger partial charge in [0.1, 0.15) is 11.4 Å². The maximum Gasteiger partial charge on any atom is 0.253 e. The Morgan fingerprint density at radius 2 is 1.64 bits per heavy atom. The van der Waals surface area contributed by atoms with Crippen molar-refractivity contribution >= 4 is 27.8 Å². The summed E-state index contributed by atoms with van der Waals surface area (Å²) in [5.74, 6) is 1.68. The molecule has 1 saturated heterocycles. The van der Waals surface area contributed by atoms with Crippen molar-refractivity contribution in [2.45, 2.75) is 71.4 Å². The third kappa shape index (κ3) is 5.49. The fourth-order valence-corrected chi connectivity index (χ4v) is 7.34. The number of nitrogens with zero attached hydrogens (tertiary/aromatic N) is 3. The standard InChI is InChI=1S/C29H38N4O5S/c1-19-4-6-23(7-5-19)27-30-28(36)29(31-27)11-13-32(14-12-29)39(37,38)15-10-24-20(2)16-22(17-21(24)3)18-33-25(34)8-9-26(33)35/h8-10,15-17,19,23,34-35H,4-7,11-14,18H2,1-3H3,(H,30,31,36). The summed E-state index contributed by atoms with van der Waals surface area (Å²) in [5.41, 5.74) is 2.62. The molecule has 1 aromatic carbocycles. The van der Waals surface area contributed by atoms with E-state index in [1.165, 1.54) is 26.4 Å². The first-order valence-corrected chi connectivity index (χ1v) is 15.2. The van der Waals surface area contributed by atoms with Gasteiger partial charge in [-0.2, -0.15) is 4.31 Å². The van der Waals surface area contributed by atoms with E-state index in [2.05, 4.69) is 12.2 Å². The topological polar surface area (TPSA) is 124 Å². The van der Waals surface area contributed by atoms with Crippen molar-refractivity contribution in [3.63, 3.8) is 0 Å². The Kier molecular flexibility index (Phi) is 7.37. The molecule has 1 amide bonds. The van der Waals surface area contributed by atoms with Crippen LogP contribution in [0.2, 0.25) is 0 Å². The molecule has 10 heteroatoms. The van der Waals surface area contributed by atoms with E-state index in [1.54, 1.807) is 6.08 Å². The van der Waals surface area contributed by atoms with Crippen molar-refractivity contribution in [2.24, 2.45) is 16.8 Å². The van der Waals surface area contributed by atoms with E-state index in [0.29, 0.717) is 31.2 Å².